The lowest BCUT2D eigenvalue weighted by molar-refractivity contribution is 0.671. The van der Waals surface area contributed by atoms with Crippen molar-refractivity contribution in [1.29, 1.82) is 5.26 Å². The number of nitriles is 1. The van der Waals surface area contributed by atoms with Gasteiger partial charge in [-0.05, 0) is 49.9 Å². The lowest BCUT2D eigenvalue weighted by Gasteiger charge is -2.07. The Morgan fingerprint density at radius 1 is 1.17 bits per heavy atom. The monoisotopic (exact) mass is 257 g/mol. The zero-order valence-electron chi connectivity index (χ0n) is 9.86. The highest BCUT2D eigenvalue weighted by atomic mass is 35.5. The Labute approximate surface area is 111 Å². The van der Waals surface area contributed by atoms with E-state index in [-0.39, 0.29) is 0 Å². The van der Waals surface area contributed by atoms with Crippen molar-refractivity contribution in [3.8, 4) is 11.8 Å². The maximum absolute atomic E-state index is 8.79. The zero-order chi connectivity index (χ0) is 12.5. The van der Waals surface area contributed by atoms with Crippen LogP contribution in [-0.2, 0) is 12.8 Å². The van der Waals surface area contributed by atoms with Gasteiger partial charge >= 0.3 is 0 Å². The fraction of sp³-hybridized carbons (Fsp3) is 0.286. The minimum Gasteiger partial charge on any atom is -0.222 e. The lowest BCUT2D eigenvalue weighted by atomic mass is 9.99. The van der Waals surface area contributed by atoms with Gasteiger partial charge in [0.05, 0.1) is 23.0 Å². The largest absolute Gasteiger partial charge is 0.222 e. The SMILES string of the molecule is N#Cc1ccc(-n2nc3c(c2Cl)CCCC3)cc1. The summed E-state index contributed by atoms with van der Waals surface area (Å²) in [5, 5.41) is 14.1. The summed E-state index contributed by atoms with van der Waals surface area (Å²) in [6.45, 7) is 0. The second kappa shape index (κ2) is 4.47. The highest BCUT2D eigenvalue weighted by Gasteiger charge is 2.19. The van der Waals surface area contributed by atoms with Gasteiger partial charge in [-0.2, -0.15) is 10.4 Å². The van der Waals surface area contributed by atoms with Crippen LogP contribution in [0.2, 0.25) is 5.15 Å². The van der Waals surface area contributed by atoms with Crippen LogP contribution in [0.5, 0.6) is 0 Å². The van der Waals surface area contributed by atoms with E-state index in [1.165, 1.54) is 18.4 Å². The zero-order valence-corrected chi connectivity index (χ0v) is 10.6. The number of hydrogen-bond donors (Lipinski definition) is 0. The van der Waals surface area contributed by atoms with E-state index >= 15 is 0 Å². The van der Waals surface area contributed by atoms with Crippen LogP contribution in [-0.4, -0.2) is 9.78 Å². The van der Waals surface area contributed by atoms with E-state index in [1.54, 1.807) is 16.8 Å². The molecule has 0 spiro atoms. The molecule has 0 unspecified atom stereocenters. The predicted molar refractivity (Wildman–Crippen MR) is 69.9 cm³/mol. The van der Waals surface area contributed by atoms with Crippen LogP contribution in [0.1, 0.15) is 29.7 Å². The summed E-state index contributed by atoms with van der Waals surface area (Å²) in [5.41, 5.74) is 3.86. The van der Waals surface area contributed by atoms with Crippen molar-refractivity contribution in [2.45, 2.75) is 25.7 Å². The first kappa shape index (κ1) is 11.3. The highest BCUT2D eigenvalue weighted by Crippen LogP contribution is 2.29. The minimum atomic E-state index is 0.645. The molecule has 0 aliphatic heterocycles. The van der Waals surface area contributed by atoms with Crippen LogP contribution >= 0.6 is 11.6 Å². The van der Waals surface area contributed by atoms with Gasteiger partial charge in [0, 0.05) is 5.56 Å². The molecule has 0 amide bonds. The van der Waals surface area contributed by atoms with E-state index in [9.17, 15) is 0 Å². The topological polar surface area (TPSA) is 41.6 Å². The molecule has 0 saturated heterocycles. The smallest absolute Gasteiger partial charge is 0.136 e. The average molecular weight is 258 g/mol. The van der Waals surface area contributed by atoms with E-state index < -0.39 is 0 Å². The molecule has 0 atom stereocenters. The second-order valence-corrected chi connectivity index (χ2v) is 4.85. The summed E-state index contributed by atoms with van der Waals surface area (Å²) in [7, 11) is 0. The van der Waals surface area contributed by atoms with Crippen molar-refractivity contribution >= 4 is 11.6 Å². The number of aromatic nitrogens is 2. The summed E-state index contributed by atoms with van der Waals surface area (Å²) in [6, 6.07) is 9.43. The lowest BCUT2D eigenvalue weighted by Crippen LogP contribution is -2.00. The maximum Gasteiger partial charge on any atom is 0.136 e. The molecule has 4 heteroatoms. The molecule has 0 saturated carbocycles. The van der Waals surface area contributed by atoms with Crippen LogP contribution in [0.3, 0.4) is 0 Å². The summed E-state index contributed by atoms with van der Waals surface area (Å²) in [4.78, 5) is 0. The molecule has 0 fully saturated rings. The Kier molecular flexibility index (Phi) is 2.81. The number of rotatable bonds is 1. The third-order valence-electron chi connectivity index (χ3n) is 3.34. The molecule has 3 nitrogen and oxygen atoms in total. The first-order valence-electron chi connectivity index (χ1n) is 6.06. The number of aryl methyl sites for hydroxylation is 1. The van der Waals surface area contributed by atoms with Crippen LogP contribution in [0, 0.1) is 11.3 Å². The van der Waals surface area contributed by atoms with Gasteiger partial charge in [0.1, 0.15) is 5.15 Å². The van der Waals surface area contributed by atoms with Crippen LogP contribution in [0.25, 0.3) is 5.69 Å². The highest BCUT2D eigenvalue weighted by molar-refractivity contribution is 6.30. The molecule has 0 radical (unpaired) electrons. The van der Waals surface area contributed by atoms with Crippen molar-refractivity contribution in [2.75, 3.05) is 0 Å². The fourth-order valence-corrected chi connectivity index (χ4v) is 2.70. The minimum absolute atomic E-state index is 0.645. The third kappa shape index (κ3) is 1.79. The molecule has 18 heavy (non-hydrogen) atoms. The van der Waals surface area contributed by atoms with Crippen molar-refractivity contribution < 1.29 is 0 Å². The van der Waals surface area contributed by atoms with Crippen molar-refractivity contribution in [2.24, 2.45) is 0 Å². The number of hydrogen-bond acceptors (Lipinski definition) is 2. The molecule has 1 aliphatic carbocycles. The van der Waals surface area contributed by atoms with Gasteiger partial charge in [-0.3, -0.25) is 0 Å². The molecule has 0 bridgehead atoms. The van der Waals surface area contributed by atoms with E-state index in [2.05, 4.69) is 11.2 Å². The van der Waals surface area contributed by atoms with Crippen molar-refractivity contribution in [1.82, 2.24) is 9.78 Å². The normalized spacial score (nSPS) is 14.0. The van der Waals surface area contributed by atoms with Gasteiger partial charge in [0.25, 0.3) is 0 Å². The standard InChI is InChI=1S/C14H12ClN3/c15-14-12-3-1-2-4-13(12)17-18(14)11-7-5-10(9-16)6-8-11/h5-8H,1-4H2. The van der Waals surface area contributed by atoms with E-state index in [4.69, 9.17) is 16.9 Å². The molecule has 1 aromatic carbocycles. The third-order valence-corrected chi connectivity index (χ3v) is 3.72. The van der Waals surface area contributed by atoms with Crippen LogP contribution < -0.4 is 0 Å². The van der Waals surface area contributed by atoms with Crippen molar-refractivity contribution in [3.05, 3.63) is 46.2 Å². The van der Waals surface area contributed by atoms with Crippen molar-refractivity contribution in [3.63, 3.8) is 0 Å². The first-order valence-corrected chi connectivity index (χ1v) is 6.44. The molecule has 3 rings (SSSR count). The first-order chi connectivity index (χ1) is 8.79. The summed E-state index contributed by atoms with van der Waals surface area (Å²) in [6.07, 6.45) is 4.41. The molecule has 2 aromatic rings. The quantitative estimate of drug-likeness (QED) is 0.787. The van der Waals surface area contributed by atoms with Gasteiger partial charge in [0.15, 0.2) is 0 Å². The van der Waals surface area contributed by atoms with Gasteiger partial charge < -0.3 is 0 Å². The van der Waals surface area contributed by atoms with Gasteiger partial charge in [0.2, 0.25) is 0 Å². The number of benzene rings is 1. The molecule has 1 aromatic heterocycles. The van der Waals surface area contributed by atoms with E-state index in [0.717, 1.165) is 29.4 Å². The van der Waals surface area contributed by atoms with Gasteiger partial charge in [-0.25, -0.2) is 4.68 Å². The Balaban J connectivity index is 2.06. The Morgan fingerprint density at radius 2 is 1.89 bits per heavy atom. The van der Waals surface area contributed by atoms with Crippen LogP contribution in [0.15, 0.2) is 24.3 Å². The maximum atomic E-state index is 8.79. The van der Waals surface area contributed by atoms with Gasteiger partial charge in [-0.15, -0.1) is 0 Å². The summed E-state index contributed by atoms with van der Waals surface area (Å²) < 4.78 is 1.78. The fourth-order valence-electron chi connectivity index (χ4n) is 2.36. The molecule has 1 heterocycles. The van der Waals surface area contributed by atoms with E-state index in [0.29, 0.717) is 5.56 Å². The summed E-state index contributed by atoms with van der Waals surface area (Å²) >= 11 is 6.39. The molecule has 0 N–H and O–H groups in total. The molecular weight excluding hydrogens is 246 g/mol. The van der Waals surface area contributed by atoms with E-state index in [1.807, 2.05) is 12.1 Å². The second-order valence-electron chi connectivity index (χ2n) is 4.49. The number of nitrogens with zero attached hydrogens (tertiary/aromatic N) is 3. The number of halogens is 1. The molecule has 90 valence electrons. The Morgan fingerprint density at radius 3 is 2.56 bits per heavy atom. The van der Waals surface area contributed by atoms with Gasteiger partial charge in [-0.1, -0.05) is 11.6 Å². The average Bonchev–Trinajstić information content (AvgIpc) is 2.77. The Hall–Kier alpha value is -1.79. The Bertz CT molecular complexity index is 620. The number of fused-ring (bicyclic) bond motifs is 1. The molecular formula is C14H12ClN3. The summed E-state index contributed by atoms with van der Waals surface area (Å²) in [5.74, 6) is 0. The molecule has 1 aliphatic rings. The van der Waals surface area contributed by atoms with Crippen LogP contribution in [0.4, 0.5) is 0 Å². The predicted octanol–water partition coefficient (Wildman–Crippen LogP) is 3.28.